The fourth-order valence-electron chi connectivity index (χ4n) is 13.3. The summed E-state index contributed by atoms with van der Waals surface area (Å²) in [4.78, 5) is 45.0. The molecule has 8 heteroatoms. The Hall–Kier alpha value is -12.1. The van der Waals surface area contributed by atoms with Crippen molar-refractivity contribution in [1.29, 1.82) is 0 Å². The van der Waals surface area contributed by atoms with E-state index < -0.39 is 11.9 Å². The Morgan fingerprint density at radius 2 is 0.568 bits per heavy atom. The number of esters is 1. The molecule has 0 spiro atoms. The summed E-state index contributed by atoms with van der Waals surface area (Å²) < 4.78 is 5.45. The van der Waals surface area contributed by atoms with E-state index in [1.54, 1.807) is 0 Å². The molecule has 0 aliphatic rings. The van der Waals surface area contributed by atoms with E-state index in [9.17, 15) is 14.4 Å². The number of hydrogen-bond acceptors (Lipinski definition) is 6. The summed E-state index contributed by atoms with van der Waals surface area (Å²) in [5.74, 6) is -1.08. The molecule has 0 radical (unpaired) electrons. The van der Waals surface area contributed by atoms with Gasteiger partial charge in [0.2, 0.25) is 0 Å². The van der Waals surface area contributed by atoms with E-state index in [-0.39, 0.29) is 18.8 Å². The van der Waals surface area contributed by atoms with E-state index >= 15 is 0 Å². The predicted octanol–water partition coefficient (Wildman–Crippen LogP) is 25.1. The first-order valence-corrected chi connectivity index (χ1v) is 39.1. The number of aliphatic carboxylic acids is 2. The van der Waals surface area contributed by atoms with Crippen LogP contribution in [0, 0.1) is 5.92 Å². The minimum absolute atomic E-state index is 0.119. The fraction of sp³-hybridized carbons (Fsp3) is 0.194. The number of hydrogen-bond donors (Lipinski definition) is 2. The molecule has 560 valence electrons. The largest absolute Gasteiger partial charge is 0.481 e. The third-order valence-corrected chi connectivity index (χ3v) is 19.6. The first-order valence-electron chi connectivity index (χ1n) is 39.1. The molecule has 0 saturated heterocycles. The number of carbonyl (C=O) groups is 3. The molecule has 0 unspecified atom stereocenters. The summed E-state index contributed by atoms with van der Waals surface area (Å²) in [6.07, 6.45) is 18.5. The van der Waals surface area contributed by atoms with Gasteiger partial charge in [0, 0.05) is 19.3 Å². The Bertz CT molecular complexity index is 4810. The van der Waals surface area contributed by atoms with Gasteiger partial charge in [-0.25, -0.2) is 9.78 Å². The molecule has 0 aromatic heterocycles. The Labute approximate surface area is 656 Å². The zero-order valence-electron chi connectivity index (χ0n) is 64.1. The third-order valence-electron chi connectivity index (χ3n) is 19.6. The molecule has 0 amide bonds. The van der Waals surface area contributed by atoms with Gasteiger partial charge in [-0.15, -0.1) is 0 Å². The van der Waals surface area contributed by atoms with E-state index in [1.807, 2.05) is 66.7 Å². The van der Waals surface area contributed by atoms with Gasteiger partial charge in [0.25, 0.3) is 0 Å². The number of carbonyl (C=O) groups excluding carboxylic acids is 1. The molecule has 0 bridgehead atoms. The van der Waals surface area contributed by atoms with Crippen LogP contribution in [0.4, 0.5) is 0 Å². The lowest BCUT2D eigenvalue weighted by atomic mass is 9.93. The van der Waals surface area contributed by atoms with Crippen molar-refractivity contribution < 1.29 is 39.1 Å². The lowest BCUT2D eigenvalue weighted by Gasteiger charge is -2.12. The normalized spacial score (nSPS) is 11.8. The molecule has 0 fully saturated rings. The van der Waals surface area contributed by atoms with Crippen LogP contribution >= 0.6 is 0 Å². The number of rotatable bonds is 36. The maximum atomic E-state index is 12.3. The van der Waals surface area contributed by atoms with Crippen LogP contribution in [0.5, 0.6) is 0 Å². The van der Waals surface area contributed by atoms with Crippen molar-refractivity contribution in [2.75, 3.05) is 19.8 Å². The van der Waals surface area contributed by atoms with E-state index in [0.717, 1.165) is 132 Å². The van der Waals surface area contributed by atoms with Gasteiger partial charge in [-0.2, -0.15) is 0 Å². The molecule has 12 aromatic rings. The van der Waals surface area contributed by atoms with Gasteiger partial charge in [-0.05, 0) is 215 Å². The van der Waals surface area contributed by atoms with Gasteiger partial charge in [-0.3, -0.25) is 14.4 Å². The average molecular weight is 1470 g/mol. The lowest BCUT2D eigenvalue weighted by Crippen LogP contribution is -2.07. The van der Waals surface area contributed by atoms with Crippen LogP contribution in [-0.2, 0) is 54.6 Å². The van der Waals surface area contributed by atoms with E-state index in [1.165, 1.54) is 46.2 Å². The summed E-state index contributed by atoms with van der Waals surface area (Å²) in [6, 6.07) is 110. The van der Waals surface area contributed by atoms with Gasteiger partial charge in [0.15, 0.2) is 0 Å². The molecule has 2 N–H and O–H groups in total. The fourth-order valence-corrected chi connectivity index (χ4v) is 13.3. The van der Waals surface area contributed by atoms with Crippen LogP contribution in [0.25, 0.3) is 68.9 Å². The Kier molecular flexibility index (Phi) is 30.7. The number of benzene rings is 12. The van der Waals surface area contributed by atoms with Crippen molar-refractivity contribution in [2.45, 2.75) is 104 Å². The second-order valence-electron chi connectivity index (χ2n) is 28.5. The van der Waals surface area contributed by atoms with Crippen LogP contribution in [0.3, 0.4) is 0 Å². The standard InChI is InChI=1S/C57H62O4.C46H38O4/c1-4-5-12-40-60-61-41-14-16-45-21-34-53(35-22-45)55(51-17-8-6-9-18-51)42-47-25-30-49(31-26-47)50-32-27-48(28-33-50)43-56(52-19-10-7-11-20-52)54-36-23-46(24-37-54)29-38-57(58)59-39-13-15-44(2)3;47-45(48)29-19-33-11-25-41(26-12-33)43(39-7-3-1-4-8-39)31-35-15-21-37(22-16-35)38-23-17-36(18-24-38)32-44(40-9-5-2-6-10-40)42-27-13-34(14-28-42)20-30-46(49)50/h6-11,17-28,30-37,42-44H,4-5,12-16,29,38-41H2,1-3H3;1-18,21-28,31-32H,19-20,29-30H2,(H,47,48)(H,49,50)/b55-42+,56-43+;43-31+,44-32+. The Morgan fingerprint density at radius 1 is 0.297 bits per heavy atom. The first kappa shape index (κ1) is 80.0. The highest BCUT2D eigenvalue weighted by Crippen LogP contribution is 2.34. The summed E-state index contributed by atoms with van der Waals surface area (Å²) in [5, 5.41) is 18.1. The monoisotopic (exact) mass is 1460 g/mol. The second kappa shape index (κ2) is 42.6. The van der Waals surface area contributed by atoms with Crippen molar-refractivity contribution in [1.82, 2.24) is 0 Å². The molecule has 12 aromatic carbocycles. The summed E-state index contributed by atoms with van der Waals surface area (Å²) in [6.45, 7) is 8.35. The van der Waals surface area contributed by atoms with Crippen LogP contribution < -0.4 is 0 Å². The number of ether oxygens (including phenoxy) is 1. The lowest BCUT2D eigenvalue weighted by molar-refractivity contribution is -0.295. The molecule has 0 aliphatic carbocycles. The van der Waals surface area contributed by atoms with Crippen molar-refractivity contribution in [3.8, 4) is 22.3 Å². The minimum atomic E-state index is -0.789. The smallest absolute Gasteiger partial charge is 0.306 e. The first-order chi connectivity index (χ1) is 54.4. The zero-order valence-corrected chi connectivity index (χ0v) is 64.1. The SMILES string of the molecule is CCCCCOOCCCc1ccc(/C(=C/c2ccc(-c3ccc(/C=C(\c4ccccc4)c4ccc(CCC(=O)OCCCC(C)C)cc4)cc3)cc2)c2ccccc2)cc1.O=C(O)CCc1ccc(/C(=C/c2ccc(-c3ccc(/C=C(\c4ccccc4)c4ccc(CCC(=O)O)cc4)cc3)cc2)c2ccccc2)cc1. The van der Waals surface area contributed by atoms with Crippen LogP contribution in [0.2, 0.25) is 0 Å². The molecule has 0 aliphatic heterocycles. The van der Waals surface area contributed by atoms with E-state index in [4.69, 9.17) is 24.7 Å². The third kappa shape index (κ3) is 25.5. The average Bonchev–Trinajstić information content (AvgIpc) is 0.827. The Morgan fingerprint density at radius 3 is 0.847 bits per heavy atom. The van der Waals surface area contributed by atoms with Crippen molar-refractivity contribution >= 4 is 64.5 Å². The highest BCUT2D eigenvalue weighted by atomic mass is 17.2. The van der Waals surface area contributed by atoms with Crippen molar-refractivity contribution in [2.24, 2.45) is 5.92 Å². The molecule has 0 heterocycles. The van der Waals surface area contributed by atoms with Crippen LogP contribution in [0.15, 0.2) is 315 Å². The number of carboxylic acid groups (broad SMARTS) is 2. The van der Waals surface area contributed by atoms with E-state index in [2.05, 4.69) is 294 Å². The topological polar surface area (TPSA) is 119 Å². The molecule has 0 saturated carbocycles. The van der Waals surface area contributed by atoms with Crippen LogP contribution in [-0.4, -0.2) is 47.9 Å². The summed E-state index contributed by atoms with van der Waals surface area (Å²) in [5.41, 5.74) is 27.1. The summed E-state index contributed by atoms with van der Waals surface area (Å²) >= 11 is 0. The maximum Gasteiger partial charge on any atom is 0.306 e. The highest BCUT2D eigenvalue weighted by Gasteiger charge is 2.14. The van der Waals surface area contributed by atoms with Crippen LogP contribution in [0.1, 0.15) is 168 Å². The van der Waals surface area contributed by atoms with Gasteiger partial charge < -0.3 is 14.9 Å². The van der Waals surface area contributed by atoms with Gasteiger partial charge in [0.05, 0.1) is 19.8 Å². The number of unbranched alkanes of at least 4 members (excludes halogenated alkanes) is 2. The molecular formula is C103H100O8. The van der Waals surface area contributed by atoms with Crippen molar-refractivity contribution in [3.63, 3.8) is 0 Å². The molecule has 111 heavy (non-hydrogen) atoms. The van der Waals surface area contributed by atoms with Gasteiger partial charge in [0.1, 0.15) is 0 Å². The second-order valence-corrected chi connectivity index (χ2v) is 28.5. The van der Waals surface area contributed by atoms with Gasteiger partial charge in [-0.1, -0.05) is 349 Å². The number of aryl methyl sites for hydroxylation is 4. The molecule has 0 atom stereocenters. The zero-order chi connectivity index (χ0) is 77.2. The minimum Gasteiger partial charge on any atom is -0.481 e. The number of carboxylic acids is 2. The summed E-state index contributed by atoms with van der Waals surface area (Å²) in [7, 11) is 0. The molecule has 12 rings (SSSR count). The van der Waals surface area contributed by atoms with Gasteiger partial charge >= 0.3 is 17.9 Å². The Balaban J connectivity index is 0.000000224. The molecule has 8 nitrogen and oxygen atoms in total. The molecular weight excluding hydrogens is 1370 g/mol. The maximum absolute atomic E-state index is 12.3. The highest BCUT2D eigenvalue weighted by molar-refractivity contribution is 5.95. The van der Waals surface area contributed by atoms with Crippen molar-refractivity contribution in [3.05, 3.63) is 404 Å². The quantitative estimate of drug-likeness (QED) is 0.0131. The predicted molar refractivity (Wildman–Crippen MR) is 458 cm³/mol. The van der Waals surface area contributed by atoms with E-state index in [0.29, 0.717) is 51.4 Å².